The van der Waals surface area contributed by atoms with Gasteiger partial charge in [-0.05, 0) is 89.6 Å². The van der Waals surface area contributed by atoms with Gasteiger partial charge < -0.3 is 42.3 Å². The first kappa shape index (κ1) is 47.2. The first-order valence-electron chi connectivity index (χ1n) is 20.4. The van der Waals surface area contributed by atoms with Crippen LogP contribution in [0.3, 0.4) is 0 Å². The topological polar surface area (TPSA) is 151 Å². The summed E-state index contributed by atoms with van der Waals surface area (Å²) in [6, 6.07) is 20.1. The van der Waals surface area contributed by atoms with Crippen LogP contribution < -0.4 is 0 Å². The van der Waals surface area contributed by atoms with Crippen molar-refractivity contribution in [1.82, 2.24) is 0 Å². The van der Waals surface area contributed by atoms with Gasteiger partial charge in [-0.25, -0.2) is 14.4 Å². The molecule has 14 heteroatoms. The Morgan fingerprint density at radius 2 is 1.45 bits per heavy atom. The van der Waals surface area contributed by atoms with E-state index in [9.17, 15) is 19.2 Å². The maximum atomic E-state index is 15.0. The zero-order valence-corrected chi connectivity index (χ0v) is 37.1. The molecule has 0 radical (unpaired) electrons. The highest BCUT2D eigenvalue weighted by molar-refractivity contribution is 6.70. The zero-order valence-electron chi connectivity index (χ0n) is 36.1. The second-order valence-corrected chi connectivity index (χ2v) is 20.9. The number of hydrogen-bond acceptors (Lipinski definition) is 13. The largest absolute Gasteiger partial charge is 0.467 e. The Hall–Kier alpha value is -3.50. The van der Waals surface area contributed by atoms with E-state index in [1.54, 1.807) is 26.6 Å². The van der Waals surface area contributed by atoms with Gasteiger partial charge in [0.25, 0.3) is 0 Å². The van der Waals surface area contributed by atoms with Crippen LogP contribution in [0.4, 0.5) is 0 Å². The van der Waals surface area contributed by atoms with E-state index in [0.29, 0.717) is 19.4 Å². The van der Waals surface area contributed by atoms with Crippen LogP contribution in [0.15, 0.2) is 60.7 Å². The number of ketones is 1. The molecule has 2 fully saturated rings. The van der Waals surface area contributed by atoms with Gasteiger partial charge in [0.05, 0.1) is 33.5 Å². The van der Waals surface area contributed by atoms with Gasteiger partial charge in [-0.2, -0.15) is 0 Å². The molecule has 0 aromatic heterocycles. The van der Waals surface area contributed by atoms with E-state index < -0.39 is 73.1 Å². The maximum absolute atomic E-state index is 15.0. The lowest BCUT2D eigenvalue weighted by Crippen LogP contribution is -2.79. The molecule has 2 aliphatic rings. The molecule has 0 saturated carbocycles. The van der Waals surface area contributed by atoms with Crippen molar-refractivity contribution in [2.75, 3.05) is 20.8 Å². The standard InChI is InChI=1S/C44H64O13Si/c1-12-42(13-2)53-35(33(45)26-21-27-34(52-29-32-24-19-16-20-25-32)30(4)28-31-22-17-15-18-23-31)36(55-42)44(40(48)51-14-3,57-58(9,10)11)43(39(47)50-8)37(38(46)49-7)54-41(5,6)56-43/h15-20,22-25,30,34-37H,12-14,21,26-29H2,1-11H3/t30-,34-,35+,36-,37-,43-,44+/m1/s1. The quantitative estimate of drug-likeness (QED) is 0.0731. The Morgan fingerprint density at radius 3 is 1.98 bits per heavy atom. The zero-order chi connectivity index (χ0) is 42.9. The van der Waals surface area contributed by atoms with E-state index in [1.165, 1.54) is 19.4 Å². The van der Waals surface area contributed by atoms with E-state index in [0.717, 1.165) is 26.2 Å². The molecule has 0 aliphatic carbocycles. The average molecular weight is 829 g/mol. The number of methoxy groups -OCH3 is 2. The molecule has 2 saturated heterocycles. The van der Waals surface area contributed by atoms with E-state index >= 15 is 0 Å². The monoisotopic (exact) mass is 828 g/mol. The highest BCUT2D eigenvalue weighted by Crippen LogP contribution is 2.54. The summed E-state index contributed by atoms with van der Waals surface area (Å²) >= 11 is 0. The fraction of sp³-hybridized carbons (Fsp3) is 0.636. The minimum Gasteiger partial charge on any atom is -0.467 e. The molecule has 13 nitrogen and oxygen atoms in total. The fourth-order valence-corrected chi connectivity index (χ4v) is 9.34. The summed E-state index contributed by atoms with van der Waals surface area (Å²) in [7, 11) is -0.859. The second kappa shape index (κ2) is 19.7. The molecule has 2 aromatic carbocycles. The van der Waals surface area contributed by atoms with Crippen molar-refractivity contribution in [2.45, 2.75) is 154 Å². The van der Waals surface area contributed by atoms with Crippen molar-refractivity contribution >= 4 is 32.0 Å². The molecule has 7 atom stereocenters. The van der Waals surface area contributed by atoms with Crippen molar-refractivity contribution in [1.29, 1.82) is 0 Å². The Balaban J connectivity index is 1.81. The number of carbonyl (C=O) groups excluding carboxylic acids is 4. The van der Waals surface area contributed by atoms with Crippen LogP contribution in [0.5, 0.6) is 0 Å². The van der Waals surface area contributed by atoms with E-state index in [4.69, 9.17) is 42.3 Å². The van der Waals surface area contributed by atoms with Crippen molar-refractivity contribution in [3.8, 4) is 0 Å². The predicted octanol–water partition coefficient (Wildman–Crippen LogP) is 6.88. The van der Waals surface area contributed by atoms with Crippen LogP contribution >= 0.6 is 0 Å². The van der Waals surface area contributed by atoms with Crippen LogP contribution in [0, 0.1) is 5.92 Å². The third-order valence-electron chi connectivity index (χ3n) is 10.7. The fourth-order valence-electron chi connectivity index (χ4n) is 8.03. The number of Topliss-reactive ketones (excluding diaryl/α,β-unsaturated/α-hetero) is 1. The second-order valence-electron chi connectivity index (χ2n) is 16.5. The normalized spacial score (nSPS) is 24.6. The summed E-state index contributed by atoms with van der Waals surface area (Å²) in [5.74, 6) is -6.73. The lowest BCUT2D eigenvalue weighted by atomic mass is 9.72. The molecule has 2 aliphatic heterocycles. The molecule has 2 aromatic rings. The van der Waals surface area contributed by atoms with Crippen LogP contribution in [0.2, 0.25) is 19.6 Å². The van der Waals surface area contributed by atoms with E-state index in [1.807, 2.05) is 62.4 Å². The smallest absolute Gasteiger partial charge is 0.345 e. The Morgan fingerprint density at radius 1 is 0.845 bits per heavy atom. The summed E-state index contributed by atoms with van der Waals surface area (Å²) in [5, 5.41) is 0. The van der Waals surface area contributed by atoms with Crippen molar-refractivity contribution < 1.29 is 61.5 Å². The lowest BCUT2D eigenvalue weighted by molar-refractivity contribution is -0.258. The van der Waals surface area contributed by atoms with Crippen molar-refractivity contribution in [3.05, 3.63) is 71.8 Å². The lowest BCUT2D eigenvalue weighted by Gasteiger charge is -2.50. The Labute approximate surface area is 344 Å². The number of hydrogen-bond donors (Lipinski definition) is 0. The van der Waals surface area contributed by atoms with Crippen LogP contribution in [0.25, 0.3) is 0 Å². The summed E-state index contributed by atoms with van der Waals surface area (Å²) < 4.78 is 55.6. The first-order chi connectivity index (χ1) is 27.4. The molecule has 2 heterocycles. The molecule has 0 amide bonds. The van der Waals surface area contributed by atoms with Crippen LogP contribution in [-0.4, -0.2) is 100 Å². The van der Waals surface area contributed by atoms with Crippen LogP contribution in [-0.2, 0) is 74.5 Å². The number of rotatable bonds is 21. The predicted molar refractivity (Wildman–Crippen MR) is 217 cm³/mol. The van der Waals surface area contributed by atoms with Crippen molar-refractivity contribution in [3.63, 3.8) is 0 Å². The van der Waals surface area contributed by atoms with Gasteiger partial charge >= 0.3 is 17.9 Å². The van der Waals surface area contributed by atoms with Gasteiger partial charge in [-0.15, -0.1) is 0 Å². The molecular formula is C44H64O13Si. The molecule has 0 spiro atoms. The highest BCUT2D eigenvalue weighted by Gasteiger charge is 2.82. The first-order valence-corrected chi connectivity index (χ1v) is 23.8. The molecule has 4 rings (SSSR count). The Bertz CT molecular complexity index is 1670. The van der Waals surface area contributed by atoms with E-state index in [-0.39, 0.29) is 37.9 Å². The summed E-state index contributed by atoms with van der Waals surface area (Å²) in [6.45, 7) is 15.9. The minimum absolute atomic E-state index is 0.00234. The minimum atomic E-state index is -3.06. The molecule has 58 heavy (non-hydrogen) atoms. The molecule has 322 valence electrons. The number of esters is 3. The summed E-state index contributed by atoms with van der Waals surface area (Å²) in [5.41, 5.74) is -3.21. The van der Waals surface area contributed by atoms with Crippen LogP contribution in [0.1, 0.15) is 84.8 Å². The Kier molecular flexibility index (Phi) is 16.0. The van der Waals surface area contributed by atoms with Gasteiger partial charge in [0.2, 0.25) is 17.3 Å². The van der Waals surface area contributed by atoms with Gasteiger partial charge in [0.1, 0.15) is 12.2 Å². The third-order valence-corrected chi connectivity index (χ3v) is 11.6. The van der Waals surface area contributed by atoms with Gasteiger partial charge in [-0.1, -0.05) is 81.4 Å². The van der Waals surface area contributed by atoms with E-state index in [2.05, 4.69) is 19.1 Å². The molecule has 0 N–H and O–H groups in total. The molecule has 0 bridgehead atoms. The maximum Gasteiger partial charge on any atom is 0.345 e. The summed E-state index contributed by atoms with van der Waals surface area (Å²) in [6.07, 6.45) is -3.08. The molecular weight excluding hydrogens is 765 g/mol. The van der Waals surface area contributed by atoms with Crippen molar-refractivity contribution in [2.24, 2.45) is 5.92 Å². The number of ether oxygens (including phenoxy) is 8. The van der Waals surface area contributed by atoms with Gasteiger partial charge in [0, 0.05) is 6.42 Å². The summed E-state index contributed by atoms with van der Waals surface area (Å²) in [4.78, 5) is 58.1. The number of carbonyl (C=O) groups is 4. The third kappa shape index (κ3) is 10.3. The highest BCUT2D eigenvalue weighted by atomic mass is 28.4. The SMILES string of the molecule is CCOC(=O)[C@@](O[Si](C)(C)C)([C@@H]1OC(CC)(CC)O[C@H]1C(=O)CCC[C@@H](OCc1ccccc1)[C@H](C)Cc1ccccc1)[C@@]1(C(=O)OC)OC(C)(C)O[C@@H]1C(=O)OC. The number of benzene rings is 2. The van der Waals surface area contributed by atoms with Gasteiger partial charge in [-0.3, -0.25) is 4.79 Å². The average Bonchev–Trinajstić information content (AvgIpc) is 3.74. The van der Waals surface area contributed by atoms with Gasteiger partial charge in [0.15, 0.2) is 25.7 Å². The molecule has 0 unspecified atom stereocenters.